The average Bonchev–Trinajstić information content (AvgIpc) is 2.86. The van der Waals surface area contributed by atoms with Gasteiger partial charge in [0.1, 0.15) is 11.5 Å². The Morgan fingerprint density at radius 2 is 1.35 bits per heavy atom. The van der Waals surface area contributed by atoms with Crippen LogP contribution in [0, 0.1) is 0 Å². The van der Waals surface area contributed by atoms with Gasteiger partial charge in [0.25, 0.3) is 0 Å². The molecule has 96 valence electrons. The Bertz CT molecular complexity index is 760. The first-order chi connectivity index (χ1) is 9.90. The maximum absolute atomic E-state index is 5.92. The Labute approximate surface area is 118 Å². The second kappa shape index (κ2) is 4.53. The van der Waals surface area contributed by atoms with Crippen molar-refractivity contribution in [1.82, 2.24) is 0 Å². The minimum atomic E-state index is 0.874. The molecule has 0 spiro atoms. The molecule has 3 aromatic carbocycles. The number of rotatable bonds is 2. The zero-order valence-corrected chi connectivity index (χ0v) is 11.0. The Balaban J connectivity index is 1.73. The molecule has 0 saturated heterocycles. The highest BCUT2D eigenvalue weighted by molar-refractivity contribution is 5.77. The normalized spacial score (nSPS) is 11.8. The molecular formula is C19H14O. The van der Waals surface area contributed by atoms with E-state index in [0.29, 0.717) is 0 Å². The first-order valence-corrected chi connectivity index (χ1v) is 6.84. The summed E-state index contributed by atoms with van der Waals surface area (Å²) < 4.78 is 5.92. The van der Waals surface area contributed by atoms with E-state index in [4.69, 9.17) is 4.74 Å². The zero-order chi connectivity index (χ0) is 13.4. The first-order valence-electron chi connectivity index (χ1n) is 6.84. The van der Waals surface area contributed by atoms with Crippen LogP contribution in [0.3, 0.4) is 0 Å². The molecule has 1 nitrogen and oxygen atoms in total. The SMILES string of the molecule is c1ccc(Oc2ccc3c(c2)-c2ccccc2C3)cc1. The summed E-state index contributed by atoms with van der Waals surface area (Å²) in [6.45, 7) is 0. The highest BCUT2D eigenvalue weighted by Gasteiger charge is 2.18. The van der Waals surface area contributed by atoms with E-state index < -0.39 is 0 Å². The lowest BCUT2D eigenvalue weighted by Gasteiger charge is -2.08. The standard InChI is InChI=1S/C19H14O/c1-2-7-16(8-3-1)20-17-11-10-15-12-14-6-4-5-9-18(14)19(15)13-17/h1-11,13H,12H2. The van der Waals surface area contributed by atoms with Crippen LogP contribution in [0.25, 0.3) is 11.1 Å². The van der Waals surface area contributed by atoms with E-state index in [1.165, 1.54) is 22.3 Å². The molecule has 0 N–H and O–H groups in total. The summed E-state index contributed by atoms with van der Waals surface area (Å²) in [5.41, 5.74) is 5.42. The number of hydrogen-bond donors (Lipinski definition) is 0. The van der Waals surface area contributed by atoms with Gasteiger partial charge in [-0.3, -0.25) is 0 Å². The molecule has 0 fully saturated rings. The van der Waals surface area contributed by atoms with E-state index in [1.807, 2.05) is 30.3 Å². The molecule has 0 atom stereocenters. The summed E-state index contributed by atoms with van der Waals surface area (Å²) in [6.07, 6.45) is 1.02. The Hall–Kier alpha value is -2.54. The number of fused-ring (bicyclic) bond motifs is 3. The molecule has 0 bridgehead atoms. The topological polar surface area (TPSA) is 9.23 Å². The van der Waals surface area contributed by atoms with E-state index in [-0.39, 0.29) is 0 Å². The third-order valence-corrected chi connectivity index (χ3v) is 3.75. The molecule has 0 radical (unpaired) electrons. The summed E-state index contributed by atoms with van der Waals surface area (Å²) in [5.74, 6) is 1.77. The van der Waals surface area contributed by atoms with Gasteiger partial charge in [0, 0.05) is 0 Å². The maximum Gasteiger partial charge on any atom is 0.128 e. The average molecular weight is 258 g/mol. The quantitative estimate of drug-likeness (QED) is 0.489. The van der Waals surface area contributed by atoms with Crippen molar-refractivity contribution in [3.63, 3.8) is 0 Å². The van der Waals surface area contributed by atoms with Crippen molar-refractivity contribution >= 4 is 0 Å². The van der Waals surface area contributed by atoms with Crippen LogP contribution >= 0.6 is 0 Å². The highest BCUT2D eigenvalue weighted by Crippen LogP contribution is 2.39. The van der Waals surface area contributed by atoms with Gasteiger partial charge in [0.05, 0.1) is 0 Å². The van der Waals surface area contributed by atoms with Crippen LogP contribution in [-0.4, -0.2) is 0 Å². The van der Waals surface area contributed by atoms with Gasteiger partial charge in [0.15, 0.2) is 0 Å². The summed E-state index contributed by atoms with van der Waals surface area (Å²) in [4.78, 5) is 0. The third-order valence-electron chi connectivity index (χ3n) is 3.75. The van der Waals surface area contributed by atoms with E-state index in [0.717, 1.165) is 17.9 Å². The minimum Gasteiger partial charge on any atom is -0.457 e. The predicted octanol–water partition coefficient (Wildman–Crippen LogP) is 5.05. The molecule has 1 heteroatoms. The van der Waals surface area contributed by atoms with Crippen molar-refractivity contribution in [2.24, 2.45) is 0 Å². The lowest BCUT2D eigenvalue weighted by Crippen LogP contribution is -1.86. The first kappa shape index (κ1) is 11.3. The van der Waals surface area contributed by atoms with Gasteiger partial charge in [-0.2, -0.15) is 0 Å². The minimum absolute atomic E-state index is 0.874. The van der Waals surface area contributed by atoms with Gasteiger partial charge >= 0.3 is 0 Å². The smallest absolute Gasteiger partial charge is 0.128 e. The molecule has 0 amide bonds. The van der Waals surface area contributed by atoms with Gasteiger partial charge in [-0.15, -0.1) is 0 Å². The summed E-state index contributed by atoms with van der Waals surface area (Å²) >= 11 is 0. The number of para-hydroxylation sites is 1. The van der Waals surface area contributed by atoms with Crippen LogP contribution in [-0.2, 0) is 6.42 Å². The Morgan fingerprint density at radius 3 is 2.25 bits per heavy atom. The second-order valence-electron chi connectivity index (χ2n) is 5.07. The molecule has 1 aliphatic rings. The molecule has 0 aromatic heterocycles. The lowest BCUT2D eigenvalue weighted by molar-refractivity contribution is 0.483. The molecule has 0 aliphatic heterocycles. The molecule has 3 aromatic rings. The third kappa shape index (κ3) is 1.88. The van der Waals surface area contributed by atoms with Gasteiger partial charge in [-0.25, -0.2) is 0 Å². The number of benzene rings is 3. The van der Waals surface area contributed by atoms with Crippen molar-refractivity contribution in [2.75, 3.05) is 0 Å². The molecule has 1 aliphatic carbocycles. The summed E-state index contributed by atoms with van der Waals surface area (Å²) in [7, 11) is 0. The zero-order valence-electron chi connectivity index (χ0n) is 11.0. The summed E-state index contributed by atoms with van der Waals surface area (Å²) in [6, 6.07) is 24.9. The van der Waals surface area contributed by atoms with Crippen LogP contribution < -0.4 is 4.74 Å². The fraction of sp³-hybridized carbons (Fsp3) is 0.0526. The Morgan fingerprint density at radius 1 is 0.600 bits per heavy atom. The van der Waals surface area contributed by atoms with E-state index in [1.54, 1.807) is 0 Å². The van der Waals surface area contributed by atoms with Crippen molar-refractivity contribution in [2.45, 2.75) is 6.42 Å². The van der Waals surface area contributed by atoms with Gasteiger partial charge in [-0.05, 0) is 52.9 Å². The molecular weight excluding hydrogens is 244 g/mol. The van der Waals surface area contributed by atoms with E-state index >= 15 is 0 Å². The summed E-state index contributed by atoms with van der Waals surface area (Å²) in [5, 5.41) is 0. The van der Waals surface area contributed by atoms with E-state index in [9.17, 15) is 0 Å². The number of hydrogen-bond acceptors (Lipinski definition) is 1. The van der Waals surface area contributed by atoms with Crippen molar-refractivity contribution in [1.29, 1.82) is 0 Å². The van der Waals surface area contributed by atoms with Crippen molar-refractivity contribution in [3.8, 4) is 22.6 Å². The molecule has 0 heterocycles. The van der Waals surface area contributed by atoms with Gasteiger partial charge < -0.3 is 4.74 Å². The predicted molar refractivity (Wildman–Crippen MR) is 81.2 cm³/mol. The van der Waals surface area contributed by atoms with Crippen molar-refractivity contribution < 1.29 is 4.74 Å². The van der Waals surface area contributed by atoms with Crippen LogP contribution in [0.4, 0.5) is 0 Å². The monoisotopic (exact) mass is 258 g/mol. The largest absolute Gasteiger partial charge is 0.457 e. The fourth-order valence-electron chi connectivity index (χ4n) is 2.79. The van der Waals surface area contributed by atoms with E-state index in [2.05, 4.69) is 42.5 Å². The highest BCUT2D eigenvalue weighted by atomic mass is 16.5. The van der Waals surface area contributed by atoms with Crippen LogP contribution in [0.1, 0.15) is 11.1 Å². The van der Waals surface area contributed by atoms with Gasteiger partial charge in [-0.1, -0.05) is 48.5 Å². The fourth-order valence-corrected chi connectivity index (χ4v) is 2.79. The van der Waals surface area contributed by atoms with Crippen LogP contribution in [0.2, 0.25) is 0 Å². The number of ether oxygens (including phenoxy) is 1. The van der Waals surface area contributed by atoms with Crippen LogP contribution in [0.15, 0.2) is 72.8 Å². The Kier molecular flexibility index (Phi) is 2.56. The molecule has 0 saturated carbocycles. The molecule has 0 unspecified atom stereocenters. The molecule has 20 heavy (non-hydrogen) atoms. The van der Waals surface area contributed by atoms with Crippen LogP contribution in [0.5, 0.6) is 11.5 Å². The molecule has 4 rings (SSSR count). The van der Waals surface area contributed by atoms with Crippen molar-refractivity contribution in [3.05, 3.63) is 83.9 Å². The lowest BCUT2D eigenvalue weighted by atomic mass is 10.1. The maximum atomic E-state index is 5.92. The van der Waals surface area contributed by atoms with Gasteiger partial charge in [0.2, 0.25) is 0 Å². The second-order valence-corrected chi connectivity index (χ2v) is 5.07.